The van der Waals surface area contributed by atoms with E-state index >= 15 is 0 Å². The lowest BCUT2D eigenvalue weighted by Gasteiger charge is -2.15. The third-order valence-corrected chi connectivity index (χ3v) is 5.30. The van der Waals surface area contributed by atoms with E-state index in [0.29, 0.717) is 30.1 Å². The zero-order valence-electron chi connectivity index (χ0n) is 16.5. The molecule has 1 amide bonds. The lowest BCUT2D eigenvalue weighted by molar-refractivity contribution is -0.129. The van der Waals surface area contributed by atoms with Crippen LogP contribution in [0.15, 0.2) is 21.6 Å². The fourth-order valence-corrected chi connectivity index (χ4v) is 3.50. The van der Waals surface area contributed by atoms with Gasteiger partial charge in [0.05, 0.1) is 12.1 Å². The summed E-state index contributed by atoms with van der Waals surface area (Å²) < 4.78 is 6.13. The van der Waals surface area contributed by atoms with E-state index < -0.39 is 0 Å². The van der Waals surface area contributed by atoms with E-state index in [1.165, 1.54) is 4.52 Å². The monoisotopic (exact) mass is 384 g/mol. The Morgan fingerprint density at radius 3 is 2.79 bits per heavy atom. The quantitative estimate of drug-likeness (QED) is 0.734. The third kappa shape index (κ3) is 3.32. The van der Waals surface area contributed by atoms with Crippen LogP contribution < -0.4 is 5.56 Å². The number of aryl methyl sites for hydroxylation is 1. The molecule has 28 heavy (non-hydrogen) atoms. The van der Waals surface area contributed by atoms with Gasteiger partial charge in [0.1, 0.15) is 11.4 Å². The van der Waals surface area contributed by atoms with Crippen molar-refractivity contribution in [2.24, 2.45) is 0 Å². The summed E-state index contributed by atoms with van der Waals surface area (Å²) in [7, 11) is 0. The topological polar surface area (TPSA) is 109 Å². The molecule has 0 spiro atoms. The van der Waals surface area contributed by atoms with E-state index in [1.807, 2.05) is 6.07 Å². The smallest absolute Gasteiger partial charge is 0.272 e. The highest BCUT2D eigenvalue weighted by Gasteiger charge is 2.30. The van der Waals surface area contributed by atoms with Crippen LogP contribution >= 0.6 is 0 Å². The predicted molar refractivity (Wildman–Crippen MR) is 101 cm³/mol. The van der Waals surface area contributed by atoms with Gasteiger partial charge >= 0.3 is 0 Å². The molecule has 4 heterocycles. The first-order valence-corrected chi connectivity index (χ1v) is 9.41. The summed E-state index contributed by atoms with van der Waals surface area (Å²) in [6.07, 6.45) is 0.949. The molecule has 3 aromatic rings. The number of rotatable bonds is 3. The number of H-pyrrole nitrogens is 1. The fraction of sp³-hybridized carbons (Fsp3) is 0.526. The van der Waals surface area contributed by atoms with Crippen molar-refractivity contribution in [2.45, 2.75) is 51.9 Å². The summed E-state index contributed by atoms with van der Waals surface area (Å²) >= 11 is 0. The second kappa shape index (κ2) is 6.57. The molecule has 0 aromatic carbocycles. The van der Waals surface area contributed by atoms with Gasteiger partial charge < -0.3 is 4.90 Å². The highest BCUT2D eigenvalue weighted by molar-refractivity contribution is 5.78. The van der Waals surface area contributed by atoms with Gasteiger partial charge in [0.15, 0.2) is 5.65 Å². The number of hydrogen-bond acceptors (Lipinski definition) is 6. The first kappa shape index (κ1) is 18.4. The summed E-state index contributed by atoms with van der Waals surface area (Å²) in [6.45, 7) is 9.18. The third-order valence-electron chi connectivity index (χ3n) is 5.30. The summed E-state index contributed by atoms with van der Waals surface area (Å²) in [6, 6.07) is 3.49. The molecule has 1 aliphatic heterocycles. The molecule has 9 heteroatoms. The number of aromatic nitrogens is 5. The minimum Gasteiger partial charge on any atom is -0.342 e. The van der Waals surface area contributed by atoms with Gasteiger partial charge in [-0.05, 0) is 13.3 Å². The minimum atomic E-state index is -0.135. The van der Waals surface area contributed by atoms with Gasteiger partial charge in [-0.1, -0.05) is 31.1 Å². The average Bonchev–Trinajstić information content (AvgIpc) is 3.34. The van der Waals surface area contributed by atoms with Crippen molar-refractivity contribution in [2.75, 3.05) is 13.1 Å². The molecule has 1 N–H and O–H groups in total. The molecule has 0 aliphatic carbocycles. The number of nitrogens with zero attached hydrogens (tertiary/aromatic N) is 5. The molecule has 9 nitrogen and oxygen atoms in total. The number of nitrogens with one attached hydrogen (secondary N) is 1. The number of hydrogen-bond donors (Lipinski definition) is 1. The van der Waals surface area contributed by atoms with Gasteiger partial charge in [0.2, 0.25) is 5.91 Å². The Hall–Kier alpha value is -2.97. The van der Waals surface area contributed by atoms with E-state index in [4.69, 9.17) is 4.98 Å². The maximum atomic E-state index is 12.6. The van der Waals surface area contributed by atoms with E-state index in [1.54, 1.807) is 17.9 Å². The van der Waals surface area contributed by atoms with Crippen molar-refractivity contribution in [1.29, 1.82) is 0 Å². The fourth-order valence-electron chi connectivity index (χ4n) is 3.50. The zero-order chi connectivity index (χ0) is 20.1. The second-order valence-corrected chi connectivity index (χ2v) is 8.43. The zero-order valence-corrected chi connectivity index (χ0v) is 16.5. The molecular weight excluding hydrogens is 360 g/mol. The summed E-state index contributed by atoms with van der Waals surface area (Å²) in [5, 5.41) is 10.6. The van der Waals surface area contributed by atoms with Crippen LogP contribution in [0.1, 0.15) is 55.9 Å². The standard InChI is InChI=1S/C19H24N6O3/c1-11-13(23-28-22-11)7-17(26)24-6-5-12(10-24)14-8-18(27)25-16(20-14)9-15(21-25)19(2,3)4/h8-9,12,21H,5-7,10H2,1-4H3/t12-/m0/s1. The molecule has 1 atom stereocenters. The number of likely N-dealkylation sites (tertiary alicyclic amines) is 1. The summed E-state index contributed by atoms with van der Waals surface area (Å²) in [5.74, 6) is 0.0296. The number of fused-ring (bicyclic) bond motifs is 1. The molecule has 148 valence electrons. The van der Waals surface area contributed by atoms with Crippen LogP contribution in [-0.2, 0) is 16.6 Å². The lowest BCUT2D eigenvalue weighted by atomic mass is 9.93. The van der Waals surface area contributed by atoms with Gasteiger partial charge in [0, 0.05) is 42.2 Å². The Balaban J connectivity index is 1.53. The highest BCUT2D eigenvalue weighted by atomic mass is 16.6. The molecular formula is C19H24N6O3. The second-order valence-electron chi connectivity index (χ2n) is 8.43. The minimum absolute atomic E-state index is 0.0178. The normalized spacial score (nSPS) is 17.6. The molecule has 1 fully saturated rings. The van der Waals surface area contributed by atoms with Crippen LogP contribution in [0.5, 0.6) is 0 Å². The number of carbonyl (C=O) groups excluding carboxylic acids is 1. The molecule has 0 unspecified atom stereocenters. The van der Waals surface area contributed by atoms with Crippen LogP contribution in [0.3, 0.4) is 0 Å². The highest BCUT2D eigenvalue weighted by Crippen LogP contribution is 2.27. The largest absolute Gasteiger partial charge is 0.342 e. The molecule has 3 aromatic heterocycles. The number of aromatic amines is 1. The molecule has 0 radical (unpaired) electrons. The van der Waals surface area contributed by atoms with Crippen LogP contribution in [0.25, 0.3) is 5.65 Å². The van der Waals surface area contributed by atoms with Gasteiger partial charge in [-0.2, -0.15) is 0 Å². The molecule has 0 saturated carbocycles. The Kier molecular flexibility index (Phi) is 4.32. The first-order chi connectivity index (χ1) is 13.2. The maximum absolute atomic E-state index is 12.6. The van der Waals surface area contributed by atoms with Gasteiger partial charge in [0.25, 0.3) is 5.56 Å². The molecule has 0 bridgehead atoms. The van der Waals surface area contributed by atoms with E-state index in [9.17, 15) is 9.59 Å². The van der Waals surface area contributed by atoms with Crippen molar-refractivity contribution in [1.82, 2.24) is 29.8 Å². The predicted octanol–water partition coefficient (Wildman–Crippen LogP) is 1.57. The Bertz CT molecular complexity index is 1090. The van der Waals surface area contributed by atoms with Crippen LogP contribution in [-0.4, -0.2) is 48.8 Å². The average molecular weight is 384 g/mol. The van der Waals surface area contributed by atoms with E-state index in [2.05, 4.69) is 40.8 Å². The summed E-state index contributed by atoms with van der Waals surface area (Å²) in [5.41, 5.74) is 3.25. The van der Waals surface area contributed by atoms with Crippen molar-refractivity contribution >= 4 is 11.6 Å². The van der Waals surface area contributed by atoms with Gasteiger partial charge in [-0.3, -0.25) is 14.7 Å². The Morgan fingerprint density at radius 2 is 2.11 bits per heavy atom. The molecule has 1 saturated heterocycles. The molecule has 4 rings (SSSR count). The summed E-state index contributed by atoms with van der Waals surface area (Å²) in [4.78, 5) is 31.6. The van der Waals surface area contributed by atoms with Crippen molar-refractivity contribution in [3.8, 4) is 0 Å². The van der Waals surface area contributed by atoms with E-state index in [0.717, 1.165) is 17.8 Å². The van der Waals surface area contributed by atoms with Gasteiger partial charge in [-0.15, -0.1) is 0 Å². The molecule has 1 aliphatic rings. The maximum Gasteiger partial charge on any atom is 0.272 e. The van der Waals surface area contributed by atoms with Gasteiger partial charge in [-0.25, -0.2) is 14.1 Å². The van der Waals surface area contributed by atoms with Crippen molar-refractivity contribution in [3.05, 3.63) is 45.3 Å². The van der Waals surface area contributed by atoms with Crippen LogP contribution in [0, 0.1) is 6.92 Å². The van der Waals surface area contributed by atoms with E-state index in [-0.39, 0.29) is 29.2 Å². The van der Waals surface area contributed by atoms with Crippen molar-refractivity contribution < 1.29 is 9.42 Å². The van der Waals surface area contributed by atoms with Crippen LogP contribution in [0.4, 0.5) is 0 Å². The number of carbonyl (C=O) groups is 1. The first-order valence-electron chi connectivity index (χ1n) is 9.41. The SMILES string of the molecule is Cc1nonc1CC(=O)N1CC[C@H](c2cc(=O)n3[nH]c(C(C)(C)C)cc3n2)C1. The van der Waals surface area contributed by atoms with Crippen LogP contribution in [0.2, 0.25) is 0 Å². The number of amides is 1. The Labute approximate surface area is 161 Å². The lowest BCUT2D eigenvalue weighted by Crippen LogP contribution is -2.30. The Morgan fingerprint density at radius 1 is 1.32 bits per heavy atom. The van der Waals surface area contributed by atoms with Crippen molar-refractivity contribution in [3.63, 3.8) is 0 Å².